The highest BCUT2D eigenvalue weighted by Crippen LogP contribution is 2.30. The molecule has 0 spiro atoms. The molecule has 0 aromatic heterocycles. The van der Waals surface area contributed by atoms with Crippen LogP contribution in [0.3, 0.4) is 0 Å². The molecule has 1 unspecified atom stereocenters. The monoisotopic (exact) mass is 407 g/mol. The Labute approximate surface area is 155 Å². The molecule has 1 amide bonds. The summed E-state index contributed by atoms with van der Waals surface area (Å²) in [6.07, 6.45) is 1.51. The fraction of sp³-hybridized carbons (Fsp3) is 0.471. The molecule has 0 N–H and O–H groups in total. The molecule has 1 aliphatic rings. The van der Waals surface area contributed by atoms with Crippen LogP contribution in [-0.4, -0.2) is 37.5 Å². The van der Waals surface area contributed by atoms with Crippen molar-refractivity contribution in [2.45, 2.75) is 44.3 Å². The zero-order chi connectivity index (χ0) is 20.1. The Balaban J connectivity index is 2.05. The van der Waals surface area contributed by atoms with Gasteiger partial charge in [-0.2, -0.15) is 21.6 Å². The Hall–Kier alpha value is -2.23. The van der Waals surface area contributed by atoms with Crippen LogP contribution in [0.2, 0.25) is 0 Å². The number of carbonyl (C=O) groups excluding carboxylic acids is 1. The molecule has 0 radical (unpaired) electrons. The number of amides is 1. The van der Waals surface area contributed by atoms with E-state index >= 15 is 0 Å². The van der Waals surface area contributed by atoms with E-state index in [1.54, 1.807) is 24.3 Å². The third-order valence-corrected chi connectivity index (χ3v) is 4.96. The van der Waals surface area contributed by atoms with Crippen molar-refractivity contribution < 1.29 is 35.3 Å². The predicted molar refractivity (Wildman–Crippen MR) is 90.8 cm³/mol. The topological polar surface area (TPSA) is 72.9 Å². The zero-order valence-electron chi connectivity index (χ0n) is 14.6. The summed E-state index contributed by atoms with van der Waals surface area (Å²) in [4.78, 5) is 13.7. The minimum Gasteiger partial charge on any atom is -0.445 e. The average molecular weight is 407 g/mol. The van der Waals surface area contributed by atoms with E-state index in [4.69, 9.17) is 4.74 Å². The lowest BCUT2D eigenvalue weighted by atomic mass is 10.0. The second-order valence-electron chi connectivity index (χ2n) is 5.99. The maximum absolute atomic E-state index is 12.5. The third-order valence-electron chi connectivity index (χ3n) is 3.95. The molecule has 6 nitrogen and oxygen atoms in total. The number of alkyl halides is 3. The molecule has 2 rings (SSSR count). The largest absolute Gasteiger partial charge is 0.534 e. The molecule has 1 heterocycles. The van der Waals surface area contributed by atoms with Gasteiger partial charge < -0.3 is 13.8 Å². The first-order valence-electron chi connectivity index (χ1n) is 8.31. The summed E-state index contributed by atoms with van der Waals surface area (Å²) in [7, 11) is -5.72. The first-order valence-corrected chi connectivity index (χ1v) is 9.72. The average Bonchev–Trinajstić information content (AvgIpc) is 2.60. The number of ether oxygens (including phenoxy) is 1. The molecule has 27 heavy (non-hydrogen) atoms. The molecule has 0 saturated heterocycles. The van der Waals surface area contributed by atoms with E-state index in [-0.39, 0.29) is 25.3 Å². The Morgan fingerprint density at radius 3 is 2.52 bits per heavy atom. The minimum atomic E-state index is -5.72. The van der Waals surface area contributed by atoms with E-state index in [0.717, 1.165) is 11.6 Å². The van der Waals surface area contributed by atoms with Gasteiger partial charge in [0.1, 0.15) is 12.4 Å². The zero-order valence-corrected chi connectivity index (χ0v) is 15.4. The molecular weight excluding hydrogens is 387 g/mol. The van der Waals surface area contributed by atoms with E-state index in [9.17, 15) is 26.4 Å². The van der Waals surface area contributed by atoms with Crippen molar-refractivity contribution in [2.75, 3.05) is 6.54 Å². The summed E-state index contributed by atoms with van der Waals surface area (Å²) in [5.41, 5.74) is -4.70. The van der Waals surface area contributed by atoms with Crippen LogP contribution in [0.1, 0.15) is 31.7 Å². The molecule has 0 aliphatic carbocycles. The van der Waals surface area contributed by atoms with E-state index in [1.807, 2.05) is 13.0 Å². The van der Waals surface area contributed by atoms with Crippen LogP contribution in [0, 0.1) is 0 Å². The van der Waals surface area contributed by atoms with Crippen molar-refractivity contribution in [2.24, 2.45) is 0 Å². The van der Waals surface area contributed by atoms with Crippen molar-refractivity contribution >= 4 is 16.2 Å². The first kappa shape index (κ1) is 21.1. The van der Waals surface area contributed by atoms with Crippen molar-refractivity contribution in [1.29, 1.82) is 0 Å². The Morgan fingerprint density at radius 1 is 1.26 bits per heavy atom. The van der Waals surface area contributed by atoms with Crippen LogP contribution in [0.4, 0.5) is 18.0 Å². The first-order chi connectivity index (χ1) is 12.6. The molecule has 1 atom stereocenters. The van der Waals surface area contributed by atoms with Crippen molar-refractivity contribution in [3.8, 4) is 0 Å². The molecular formula is C17H20F3NO5S. The van der Waals surface area contributed by atoms with Gasteiger partial charge in [-0.25, -0.2) is 4.79 Å². The van der Waals surface area contributed by atoms with Gasteiger partial charge in [-0.15, -0.1) is 0 Å². The van der Waals surface area contributed by atoms with Gasteiger partial charge >= 0.3 is 21.7 Å². The highest BCUT2D eigenvalue weighted by atomic mass is 32.2. The highest BCUT2D eigenvalue weighted by molar-refractivity contribution is 7.87. The molecule has 150 valence electrons. The minimum absolute atomic E-state index is 0.0601. The molecule has 0 bridgehead atoms. The van der Waals surface area contributed by atoms with Gasteiger partial charge in [-0.3, -0.25) is 0 Å². The van der Waals surface area contributed by atoms with Crippen LogP contribution in [-0.2, 0) is 25.6 Å². The second-order valence-corrected chi connectivity index (χ2v) is 7.53. The Kier molecular flexibility index (Phi) is 6.74. The van der Waals surface area contributed by atoms with Crippen LogP contribution in [0.5, 0.6) is 0 Å². The summed E-state index contributed by atoms with van der Waals surface area (Å²) in [5.74, 6) is -0.321. The lowest BCUT2D eigenvalue weighted by Crippen LogP contribution is -2.44. The number of nitrogens with zero attached hydrogens (tertiary/aromatic N) is 1. The van der Waals surface area contributed by atoms with Gasteiger partial charge in [0.2, 0.25) is 0 Å². The van der Waals surface area contributed by atoms with Gasteiger partial charge in [0.15, 0.2) is 0 Å². The third kappa shape index (κ3) is 5.62. The second kappa shape index (κ2) is 8.64. The summed E-state index contributed by atoms with van der Waals surface area (Å²) in [6.45, 7) is 1.81. The van der Waals surface area contributed by atoms with Gasteiger partial charge in [0.25, 0.3) is 0 Å². The lowest BCUT2D eigenvalue weighted by Gasteiger charge is -2.34. The van der Waals surface area contributed by atoms with Crippen molar-refractivity contribution in [3.05, 3.63) is 47.7 Å². The van der Waals surface area contributed by atoms with Crippen LogP contribution in [0.25, 0.3) is 0 Å². The van der Waals surface area contributed by atoms with E-state index in [1.165, 1.54) is 4.90 Å². The smallest absolute Gasteiger partial charge is 0.445 e. The molecule has 1 aromatic rings. The number of hydrogen-bond donors (Lipinski definition) is 0. The maximum atomic E-state index is 12.5. The normalized spacial score (nSPS) is 18.0. The molecule has 1 aliphatic heterocycles. The quantitative estimate of drug-likeness (QED) is 0.527. The van der Waals surface area contributed by atoms with E-state index in [2.05, 4.69) is 4.18 Å². The number of rotatable bonds is 6. The lowest BCUT2D eigenvalue weighted by molar-refractivity contribution is -0.0527. The number of carbonyl (C=O) groups is 1. The van der Waals surface area contributed by atoms with Gasteiger partial charge in [-0.1, -0.05) is 43.7 Å². The van der Waals surface area contributed by atoms with Gasteiger partial charge in [0.05, 0.1) is 0 Å². The SMILES string of the molecule is CCCC1CC(OS(=O)(=O)C(F)(F)F)=CCN1C(=O)OCc1ccccc1. The Morgan fingerprint density at radius 2 is 1.93 bits per heavy atom. The molecule has 1 aromatic carbocycles. The maximum Gasteiger partial charge on any atom is 0.534 e. The fourth-order valence-electron chi connectivity index (χ4n) is 2.65. The highest BCUT2D eigenvalue weighted by Gasteiger charge is 2.49. The predicted octanol–water partition coefficient (Wildman–Crippen LogP) is 3.95. The molecule has 0 fully saturated rings. The van der Waals surface area contributed by atoms with E-state index in [0.29, 0.717) is 12.8 Å². The Bertz CT molecular complexity index is 778. The fourth-order valence-corrected chi connectivity index (χ4v) is 3.16. The van der Waals surface area contributed by atoms with Crippen LogP contribution < -0.4 is 0 Å². The number of benzene rings is 1. The summed E-state index contributed by atoms with van der Waals surface area (Å²) in [6, 6.07) is 8.51. The van der Waals surface area contributed by atoms with Crippen LogP contribution in [0.15, 0.2) is 42.2 Å². The van der Waals surface area contributed by atoms with Gasteiger partial charge in [0, 0.05) is 19.0 Å². The molecule has 10 heteroatoms. The number of hydrogen-bond acceptors (Lipinski definition) is 5. The summed E-state index contributed by atoms with van der Waals surface area (Å²) >= 11 is 0. The van der Waals surface area contributed by atoms with Crippen molar-refractivity contribution in [1.82, 2.24) is 4.90 Å². The van der Waals surface area contributed by atoms with Crippen molar-refractivity contribution in [3.63, 3.8) is 0 Å². The van der Waals surface area contributed by atoms with E-state index < -0.39 is 27.8 Å². The standard InChI is InChI=1S/C17H20F3NO5S/c1-2-6-14-11-15(26-27(23,24)17(18,19)20)9-10-21(14)16(22)25-12-13-7-4-3-5-8-13/h3-5,7-9,14H,2,6,10-12H2,1H3. The van der Waals surface area contributed by atoms with Crippen LogP contribution >= 0.6 is 0 Å². The van der Waals surface area contributed by atoms with Gasteiger partial charge in [-0.05, 0) is 18.1 Å². The summed E-state index contributed by atoms with van der Waals surface area (Å²) in [5, 5.41) is 0. The summed E-state index contributed by atoms with van der Waals surface area (Å²) < 4.78 is 69.2. The number of halogens is 3. The molecule has 0 saturated carbocycles.